The summed E-state index contributed by atoms with van der Waals surface area (Å²) in [6.45, 7) is 6.81. The molecule has 3 rings (SSSR count). The highest BCUT2D eigenvalue weighted by atomic mass is 32.1. The van der Waals surface area contributed by atoms with E-state index in [0.29, 0.717) is 29.3 Å². The molecule has 0 fully saturated rings. The summed E-state index contributed by atoms with van der Waals surface area (Å²) >= 11 is 1.50. The second-order valence-electron chi connectivity index (χ2n) is 8.58. The van der Waals surface area contributed by atoms with Crippen molar-refractivity contribution in [1.82, 2.24) is 0 Å². The van der Waals surface area contributed by atoms with E-state index < -0.39 is 17.8 Å². The normalized spacial score (nSPS) is 24.3. The van der Waals surface area contributed by atoms with Crippen LogP contribution in [0.3, 0.4) is 0 Å². The van der Waals surface area contributed by atoms with E-state index in [1.54, 1.807) is 0 Å². The number of nitrogens with zero attached hydrogens (tertiary/aromatic N) is 1. The number of rotatable bonds is 5. The minimum atomic E-state index is -0.944. The average Bonchev–Trinajstić information content (AvgIpc) is 3.03. The van der Waals surface area contributed by atoms with Gasteiger partial charge in [-0.25, -0.2) is 0 Å². The van der Waals surface area contributed by atoms with Crippen molar-refractivity contribution in [3.8, 4) is 6.07 Å². The largest absolute Gasteiger partial charge is 0.481 e. The van der Waals surface area contributed by atoms with Gasteiger partial charge in [0, 0.05) is 4.88 Å². The molecule has 1 aromatic rings. The van der Waals surface area contributed by atoms with Crippen LogP contribution in [-0.2, 0) is 22.4 Å². The van der Waals surface area contributed by atoms with Gasteiger partial charge in [0.05, 0.1) is 17.4 Å². The second kappa shape index (κ2) is 8.08. The maximum absolute atomic E-state index is 12.8. The Morgan fingerprint density at radius 2 is 2.00 bits per heavy atom. The summed E-state index contributed by atoms with van der Waals surface area (Å²) in [5, 5.41) is 22.6. The van der Waals surface area contributed by atoms with Crippen LogP contribution >= 0.6 is 11.3 Å². The SMILES string of the molecule is CCC(C)(C)[C@@H]1CCc2c(sc(NC(=O)[C@@H]3CC=CC[C@@H]3C(=O)O)c2C#N)C1. The molecule has 150 valence electrons. The van der Waals surface area contributed by atoms with Crippen LogP contribution in [0.15, 0.2) is 12.2 Å². The fourth-order valence-corrected chi connectivity index (χ4v) is 5.61. The van der Waals surface area contributed by atoms with E-state index in [0.717, 1.165) is 31.2 Å². The predicted molar refractivity (Wildman–Crippen MR) is 110 cm³/mol. The zero-order valence-corrected chi connectivity index (χ0v) is 17.6. The first-order valence-electron chi connectivity index (χ1n) is 10.0. The van der Waals surface area contributed by atoms with Crippen LogP contribution in [0, 0.1) is 34.5 Å². The van der Waals surface area contributed by atoms with E-state index in [-0.39, 0.29) is 11.3 Å². The Balaban J connectivity index is 1.82. The first-order chi connectivity index (χ1) is 13.3. The molecule has 1 heterocycles. The zero-order chi connectivity index (χ0) is 20.5. The summed E-state index contributed by atoms with van der Waals surface area (Å²) in [7, 11) is 0. The van der Waals surface area contributed by atoms with Gasteiger partial charge < -0.3 is 10.4 Å². The molecule has 2 aliphatic carbocycles. The quantitative estimate of drug-likeness (QED) is 0.697. The lowest BCUT2D eigenvalue weighted by Gasteiger charge is -2.36. The molecule has 2 N–H and O–H groups in total. The summed E-state index contributed by atoms with van der Waals surface area (Å²) in [6.07, 6.45) is 8.45. The number of nitriles is 1. The highest BCUT2D eigenvalue weighted by molar-refractivity contribution is 7.16. The molecule has 0 aliphatic heterocycles. The summed E-state index contributed by atoms with van der Waals surface area (Å²) in [4.78, 5) is 25.5. The van der Waals surface area contributed by atoms with E-state index in [1.807, 2.05) is 12.2 Å². The van der Waals surface area contributed by atoms with Gasteiger partial charge in [-0.15, -0.1) is 11.3 Å². The van der Waals surface area contributed by atoms with Gasteiger partial charge in [-0.05, 0) is 49.0 Å². The number of carbonyl (C=O) groups excluding carboxylic acids is 1. The lowest BCUT2D eigenvalue weighted by Crippen LogP contribution is -2.34. The number of fused-ring (bicyclic) bond motifs is 1. The van der Waals surface area contributed by atoms with Crippen LogP contribution in [0.2, 0.25) is 0 Å². The number of anilines is 1. The van der Waals surface area contributed by atoms with Gasteiger partial charge in [0.1, 0.15) is 11.1 Å². The molecule has 0 bridgehead atoms. The molecule has 6 heteroatoms. The Kier molecular flexibility index (Phi) is 5.95. The molecule has 1 aromatic heterocycles. The fourth-order valence-electron chi connectivity index (χ4n) is 4.33. The van der Waals surface area contributed by atoms with Crippen LogP contribution in [0.1, 0.15) is 62.5 Å². The number of carboxylic acids is 1. The molecule has 28 heavy (non-hydrogen) atoms. The number of hydrogen-bond donors (Lipinski definition) is 2. The number of thiophene rings is 1. The maximum Gasteiger partial charge on any atom is 0.307 e. The van der Waals surface area contributed by atoms with Crippen LogP contribution in [-0.4, -0.2) is 17.0 Å². The first-order valence-corrected chi connectivity index (χ1v) is 10.8. The van der Waals surface area contributed by atoms with E-state index in [4.69, 9.17) is 0 Å². The third-order valence-electron chi connectivity index (χ3n) is 6.72. The van der Waals surface area contributed by atoms with Gasteiger partial charge in [-0.1, -0.05) is 39.3 Å². The highest BCUT2D eigenvalue weighted by Crippen LogP contribution is 2.45. The minimum absolute atomic E-state index is 0.251. The van der Waals surface area contributed by atoms with Crippen molar-refractivity contribution in [3.05, 3.63) is 28.2 Å². The molecule has 3 atom stereocenters. The van der Waals surface area contributed by atoms with Crippen LogP contribution in [0.4, 0.5) is 5.00 Å². The number of carbonyl (C=O) groups is 2. The molecular weight excluding hydrogens is 372 g/mol. The monoisotopic (exact) mass is 400 g/mol. The Morgan fingerprint density at radius 3 is 2.61 bits per heavy atom. The average molecular weight is 401 g/mol. The lowest BCUT2D eigenvalue weighted by atomic mass is 9.69. The molecule has 0 radical (unpaired) electrons. The third kappa shape index (κ3) is 3.86. The summed E-state index contributed by atoms with van der Waals surface area (Å²) in [5.74, 6) is -1.98. The first kappa shape index (κ1) is 20.6. The number of carboxylic acid groups (broad SMARTS) is 1. The van der Waals surface area contributed by atoms with Crippen LogP contribution < -0.4 is 5.32 Å². The Labute approximate surface area is 170 Å². The van der Waals surface area contributed by atoms with Gasteiger partial charge in [0.15, 0.2) is 0 Å². The third-order valence-corrected chi connectivity index (χ3v) is 7.89. The Morgan fingerprint density at radius 1 is 1.32 bits per heavy atom. The number of amides is 1. The van der Waals surface area contributed by atoms with E-state index in [9.17, 15) is 20.0 Å². The zero-order valence-electron chi connectivity index (χ0n) is 16.7. The molecule has 5 nitrogen and oxygen atoms in total. The number of aliphatic carboxylic acids is 1. The van der Waals surface area contributed by atoms with E-state index in [1.165, 1.54) is 16.2 Å². The van der Waals surface area contributed by atoms with Crippen LogP contribution in [0.5, 0.6) is 0 Å². The summed E-state index contributed by atoms with van der Waals surface area (Å²) in [5.41, 5.74) is 1.89. The van der Waals surface area contributed by atoms with Crippen molar-refractivity contribution in [2.45, 2.75) is 59.3 Å². The molecule has 0 aromatic carbocycles. The maximum atomic E-state index is 12.8. The topological polar surface area (TPSA) is 90.2 Å². The molecule has 0 saturated heterocycles. The number of hydrogen-bond acceptors (Lipinski definition) is 4. The summed E-state index contributed by atoms with van der Waals surface area (Å²) in [6, 6.07) is 2.28. The van der Waals surface area contributed by atoms with Gasteiger partial charge in [-0.3, -0.25) is 9.59 Å². The van der Waals surface area contributed by atoms with Gasteiger partial charge in [0.25, 0.3) is 0 Å². The van der Waals surface area contributed by atoms with E-state index in [2.05, 4.69) is 32.2 Å². The smallest absolute Gasteiger partial charge is 0.307 e. The molecule has 1 amide bonds. The van der Waals surface area contributed by atoms with Gasteiger partial charge >= 0.3 is 5.97 Å². The van der Waals surface area contributed by atoms with Gasteiger partial charge in [0.2, 0.25) is 5.91 Å². The minimum Gasteiger partial charge on any atom is -0.481 e. The molecule has 0 spiro atoms. The van der Waals surface area contributed by atoms with Crippen molar-refractivity contribution in [3.63, 3.8) is 0 Å². The lowest BCUT2D eigenvalue weighted by molar-refractivity contribution is -0.146. The van der Waals surface area contributed by atoms with Crippen molar-refractivity contribution in [2.24, 2.45) is 23.2 Å². The summed E-state index contributed by atoms with van der Waals surface area (Å²) < 4.78 is 0. The standard InChI is InChI=1S/C22H28N2O3S/c1-4-22(2,3)13-9-10-14-17(12-23)20(28-18(14)11-13)24-19(25)15-7-5-6-8-16(15)21(26)27/h5-6,13,15-16H,4,7-11H2,1-3H3,(H,24,25)(H,26,27)/t13-,15-,16+/m1/s1. The molecule has 0 saturated carbocycles. The number of allylic oxidation sites excluding steroid dienone is 2. The van der Waals surface area contributed by atoms with Crippen molar-refractivity contribution < 1.29 is 14.7 Å². The Bertz CT molecular complexity index is 847. The van der Waals surface area contributed by atoms with E-state index >= 15 is 0 Å². The highest BCUT2D eigenvalue weighted by Gasteiger charge is 2.36. The fraction of sp³-hybridized carbons (Fsp3) is 0.591. The number of nitrogens with one attached hydrogen (secondary N) is 1. The second-order valence-corrected chi connectivity index (χ2v) is 9.69. The van der Waals surface area contributed by atoms with Gasteiger partial charge in [-0.2, -0.15) is 5.26 Å². The molecule has 0 unspecified atom stereocenters. The van der Waals surface area contributed by atoms with Crippen molar-refractivity contribution in [1.29, 1.82) is 5.26 Å². The van der Waals surface area contributed by atoms with Crippen molar-refractivity contribution >= 4 is 28.2 Å². The van der Waals surface area contributed by atoms with Crippen molar-refractivity contribution in [2.75, 3.05) is 5.32 Å². The predicted octanol–water partition coefficient (Wildman–Crippen LogP) is 4.77. The molecule has 2 aliphatic rings. The van der Waals surface area contributed by atoms with Crippen LogP contribution in [0.25, 0.3) is 0 Å². The Hall–Kier alpha value is -2.13. The molecular formula is C22H28N2O3S.